The minimum atomic E-state index is -0.941. The molecule has 1 fully saturated rings. The second kappa shape index (κ2) is 10.1. The van der Waals surface area contributed by atoms with Gasteiger partial charge in [0.1, 0.15) is 5.54 Å². The number of nitrogens with zero attached hydrogens (tertiary/aromatic N) is 3. The van der Waals surface area contributed by atoms with E-state index in [-0.39, 0.29) is 17.9 Å². The number of hydrogen-bond donors (Lipinski definition) is 1. The first kappa shape index (κ1) is 24.1. The van der Waals surface area contributed by atoms with E-state index >= 15 is 0 Å². The van der Waals surface area contributed by atoms with Crippen molar-refractivity contribution in [3.05, 3.63) is 30.1 Å². The summed E-state index contributed by atoms with van der Waals surface area (Å²) in [6.45, 7) is 9.64. The minimum absolute atomic E-state index is 0.0357. The van der Waals surface area contributed by atoms with Gasteiger partial charge in [-0.3, -0.25) is 9.59 Å². The van der Waals surface area contributed by atoms with Gasteiger partial charge in [0.25, 0.3) is 5.91 Å². The maximum atomic E-state index is 13.9. The molecule has 4 atom stereocenters. The quantitative estimate of drug-likeness (QED) is 0.567. The smallest absolute Gasteiger partial charge is 0.290 e. The first-order chi connectivity index (χ1) is 15.9. The number of carbonyl (C=O) groups is 2. The van der Waals surface area contributed by atoms with Crippen molar-refractivity contribution in [2.75, 3.05) is 18.1 Å². The summed E-state index contributed by atoms with van der Waals surface area (Å²) in [4.78, 5) is 34.0. The summed E-state index contributed by atoms with van der Waals surface area (Å²) in [6, 6.07) is 7.98. The normalized spacial score (nSPS) is 27.6. The van der Waals surface area contributed by atoms with Gasteiger partial charge in [-0.1, -0.05) is 45.7 Å². The Morgan fingerprint density at radius 1 is 1.24 bits per heavy atom. The fourth-order valence-corrected chi connectivity index (χ4v) is 6.19. The van der Waals surface area contributed by atoms with Crippen molar-refractivity contribution in [1.29, 1.82) is 0 Å². The Morgan fingerprint density at radius 2 is 2.03 bits per heavy atom. The van der Waals surface area contributed by atoms with Gasteiger partial charge in [0.05, 0.1) is 17.6 Å². The molecule has 1 aromatic carbocycles. The maximum Gasteiger partial charge on any atom is 0.290 e. The van der Waals surface area contributed by atoms with Crippen LogP contribution >= 0.6 is 11.8 Å². The van der Waals surface area contributed by atoms with Crippen LogP contribution in [0.4, 0.5) is 0 Å². The molecule has 4 unspecified atom stereocenters. The minimum Gasteiger partial charge on any atom is -0.351 e. The molecule has 0 bridgehead atoms. The molecular weight excluding hydrogens is 432 g/mol. The molecule has 0 radical (unpaired) electrons. The van der Waals surface area contributed by atoms with Crippen LogP contribution in [0.1, 0.15) is 70.4 Å². The summed E-state index contributed by atoms with van der Waals surface area (Å²) in [5, 5.41) is 3.37. The highest BCUT2D eigenvalue weighted by Crippen LogP contribution is 2.33. The number of carbonyl (C=O) groups excluding carboxylic acids is 2. The average molecular weight is 471 g/mol. The van der Waals surface area contributed by atoms with Crippen molar-refractivity contribution in [3.63, 3.8) is 0 Å². The standard InChI is InChI=1S/C26H38N4O2S/c1-5-15-33-16-9-14-30-24(31)23-27-21-11-6-7-13-22(21)29(23)17-26(30,4)25(32)28-20-12-8-10-18(2)19(20)3/h6-7,11,13,18-20H,5,8-10,12,14-17H2,1-4H3,(H,28,32). The second-order valence-electron chi connectivity index (χ2n) is 10.1. The third kappa shape index (κ3) is 4.66. The first-order valence-electron chi connectivity index (χ1n) is 12.5. The van der Waals surface area contributed by atoms with Crippen LogP contribution in [0.5, 0.6) is 0 Å². The summed E-state index contributed by atoms with van der Waals surface area (Å²) in [5.74, 6) is 3.42. The highest BCUT2D eigenvalue weighted by Gasteiger charge is 2.49. The summed E-state index contributed by atoms with van der Waals surface area (Å²) in [6.07, 6.45) is 5.38. The SMILES string of the molecule is CCCSCCCN1C(=O)c2nc3ccccc3n2CC1(C)C(=O)NC1CCCC(C)C1C. The van der Waals surface area contributed by atoms with Crippen molar-refractivity contribution in [3.8, 4) is 0 Å². The Bertz CT molecular complexity index is 1010. The molecule has 2 amide bonds. The van der Waals surface area contributed by atoms with Gasteiger partial charge in [-0.05, 0) is 61.7 Å². The number of thioether (sulfide) groups is 1. The summed E-state index contributed by atoms with van der Waals surface area (Å²) in [5.41, 5.74) is 0.778. The van der Waals surface area contributed by atoms with Crippen molar-refractivity contribution in [2.24, 2.45) is 11.8 Å². The number of hydrogen-bond acceptors (Lipinski definition) is 4. The van der Waals surface area contributed by atoms with E-state index in [9.17, 15) is 9.59 Å². The van der Waals surface area contributed by atoms with Gasteiger partial charge in [-0.2, -0.15) is 11.8 Å². The molecule has 180 valence electrons. The third-order valence-electron chi connectivity index (χ3n) is 7.68. The molecule has 1 N–H and O–H groups in total. The summed E-state index contributed by atoms with van der Waals surface area (Å²) >= 11 is 1.91. The molecule has 1 aromatic heterocycles. The molecule has 1 aliphatic carbocycles. The van der Waals surface area contributed by atoms with E-state index < -0.39 is 5.54 Å². The molecule has 7 heteroatoms. The summed E-state index contributed by atoms with van der Waals surface area (Å²) in [7, 11) is 0. The highest BCUT2D eigenvalue weighted by atomic mass is 32.2. The van der Waals surface area contributed by atoms with Crippen LogP contribution in [0, 0.1) is 11.8 Å². The van der Waals surface area contributed by atoms with E-state index in [0.717, 1.165) is 48.2 Å². The average Bonchev–Trinajstić information content (AvgIpc) is 3.17. The summed E-state index contributed by atoms with van der Waals surface area (Å²) < 4.78 is 1.95. The first-order valence-corrected chi connectivity index (χ1v) is 13.7. The van der Waals surface area contributed by atoms with Crippen molar-refractivity contribution in [2.45, 2.75) is 77.9 Å². The zero-order valence-corrected chi connectivity index (χ0v) is 21.3. The Hall–Kier alpha value is -2.02. The Kier molecular flexibility index (Phi) is 7.37. The molecule has 0 spiro atoms. The lowest BCUT2D eigenvalue weighted by atomic mass is 9.77. The Labute approximate surface area is 201 Å². The van der Waals surface area contributed by atoms with E-state index in [2.05, 4.69) is 31.1 Å². The fraction of sp³-hybridized carbons (Fsp3) is 0.654. The zero-order valence-electron chi connectivity index (χ0n) is 20.5. The van der Waals surface area contributed by atoms with Gasteiger partial charge in [-0.25, -0.2) is 4.98 Å². The predicted octanol–water partition coefficient (Wildman–Crippen LogP) is 4.73. The van der Waals surface area contributed by atoms with Gasteiger partial charge in [0.15, 0.2) is 5.82 Å². The van der Waals surface area contributed by atoms with Crippen LogP contribution in [0.3, 0.4) is 0 Å². The molecule has 2 heterocycles. The number of benzene rings is 1. The second-order valence-corrected chi connectivity index (χ2v) is 11.3. The van der Waals surface area contributed by atoms with Crippen LogP contribution in [0.15, 0.2) is 24.3 Å². The van der Waals surface area contributed by atoms with E-state index in [1.54, 1.807) is 4.90 Å². The van der Waals surface area contributed by atoms with E-state index in [1.807, 2.05) is 47.5 Å². The molecule has 33 heavy (non-hydrogen) atoms. The number of amides is 2. The van der Waals surface area contributed by atoms with Gasteiger partial charge >= 0.3 is 0 Å². The number of imidazole rings is 1. The highest BCUT2D eigenvalue weighted by molar-refractivity contribution is 7.99. The van der Waals surface area contributed by atoms with Crippen molar-refractivity contribution in [1.82, 2.24) is 19.8 Å². The van der Waals surface area contributed by atoms with E-state index in [4.69, 9.17) is 0 Å². The van der Waals surface area contributed by atoms with E-state index in [0.29, 0.717) is 30.7 Å². The van der Waals surface area contributed by atoms with Gasteiger partial charge in [0.2, 0.25) is 5.91 Å². The maximum absolute atomic E-state index is 13.9. The lowest BCUT2D eigenvalue weighted by Gasteiger charge is -2.45. The topological polar surface area (TPSA) is 67.2 Å². The monoisotopic (exact) mass is 470 g/mol. The van der Waals surface area contributed by atoms with Gasteiger partial charge in [-0.15, -0.1) is 0 Å². The molecule has 1 aliphatic heterocycles. The zero-order chi connectivity index (χ0) is 23.6. The van der Waals surface area contributed by atoms with Crippen molar-refractivity contribution < 1.29 is 9.59 Å². The van der Waals surface area contributed by atoms with E-state index in [1.165, 1.54) is 6.42 Å². The predicted molar refractivity (Wildman–Crippen MR) is 136 cm³/mol. The molecule has 2 aromatic rings. The molecule has 0 saturated heterocycles. The fourth-order valence-electron chi connectivity index (χ4n) is 5.36. The number of aromatic nitrogens is 2. The van der Waals surface area contributed by atoms with Crippen LogP contribution < -0.4 is 5.32 Å². The lowest BCUT2D eigenvalue weighted by Crippen LogP contribution is -2.65. The largest absolute Gasteiger partial charge is 0.351 e. The Balaban J connectivity index is 1.62. The van der Waals surface area contributed by atoms with Crippen LogP contribution in [-0.4, -0.2) is 55.9 Å². The Morgan fingerprint density at radius 3 is 2.82 bits per heavy atom. The van der Waals surface area contributed by atoms with Gasteiger partial charge < -0.3 is 14.8 Å². The molecule has 1 saturated carbocycles. The van der Waals surface area contributed by atoms with Crippen molar-refractivity contribution >= 4 is 34.6 Å². The molecular formula is C26H38N4O2S. The molecule has 4 rings (SSSR count). The number of nitrogens with one attached hydrogen (secondary N) is 1. The number of rotatable bonds is 8. The number of para-hydroxylation sites is 2. The van der Waals surface area contributed by atoms with Gasteiger partial charge in [0, 0.05) is 12.6 Å². The number of fused-ring (bicyclic) bond motifs is 3. The molecule has 6 nitrogen and oxygen atoms in total. The molecule has 2 aliphatic rings. The lowest BCUT2D eigenvalue weighted by molar-refractivity contribution is -0.134. The third-order valence-corrected chi connectivity index (χ3v) is 8.96. The van der Waals surface area contributed by atoms with Crippen LogP contribution in [0.25, 0.3) is 11.0 Å². The van der Waals surface area contributed by atoms with Crippen LogP contribution in [0.2, 0.25) is 0 Å². The van der Waals surface area contributed by atoms with Crippen LogP contribution in [-0.2, 0) is 11.3 Å².